The molecule has 2 aliphatic rings. The number of aliphatic imine (C=N–C) groups is 1. The van der Waals surface area contributed by atoms with Gasteiger partial charge in [0.15, 0.2) is 15.0 Å². The number of sulfone groups is 1. The highest BCUT2D eigenvalue weighted by Gasteiger charge is 2.52. The van der Waals surface area contributed by atoms with Crippen molar-refractivity contribution in [2.75, 3.05) is 17.8 Å². The van der Waals surface area contributed by atoms with E-state index in [1.807, 2.05) is 6.26 Å². The lowest BCUT2D eigenvalue weighted by atomic mass is 10.3. The Hall–Kier alpha value is -0.0100. The normalized spacial score (nSPS) is 36.1. The number of fused-ring (bicyclic) bond motifs is 1. The number of nitrogens with one attached hydrogen (secondary N) is 1. The molecule has 0 saturated carbocycles. The molecule has 0 aromatic carbocycles. The lowest BCUT2D eigenvalue weighted by Crippen LogP contribution is -2.26. The molecule has 0 bridgehead atoms. The quantitative estimate of drug-likeness (QED) is 0.723. The molecular weight excluding hydrogens is 228 g/mol. The predicted octanol–water partition coefficient (Wildman–Crippen LogP) is 0.597. The van der Waals surface area contributed by atoms with Crippen molar-refractivity contribution in [3.63, 3.8) is 0 Å². The molecule has 1 atom stereocenters. The molecule has 0 aromatic rings. The van der Waals surface area contributed by atoms with Crippen LogP contribution < -0.4 is 0 Å². The molecule has 72 valence electrons. The molecule has 0 amide bonds. The van der Waals surface area contributed by atoms with Crippen LogP contribution in [0.5, 0.6) is 0 Å². The van der Waals surface area contributed by atoms with Crippen molar-refractivity contribution in [3.8, 4) is 0 Å². The summed E-state index contributed by atoms with van der Waals surface area (Å²) >= 11 is 2.72. The number of hydrogen-bond donors (Lipinski definition) is 1. The third-order valence-corrected chi connectivity index (χ3v) is 6.77. The second-order valence-corrected chi connectivity index (χ2v) is 7.67. The third kappa shape index (κ3) is 1.42. The zero-order chi connectivity index (χ0) is 9.69. The van der Waals surface area contributed by atoms with Crippen LogP contribution in [0.15, 0.2) is 4.99 Å². The number of amidine groups is 1. The van der Waals surface area contributed by atoms with Gasteiger partial charge in [-0.2, -0.15) is 0 Å². The van der Waals surface area contributed by atoms with Crippen LogP contribution in [0.3, 0.4) is 0 Å². The third-order valence-electron chi connectivity index (χ3n) is 2.03. The maximum Gasteiger partial charge on any atom is 0.181 e. The first-order valence-electron chi connectivity index (χ1n) is 3.59. The molecule has 2 heterocycles. The van der Waals surface area contributed by atoms with Crippen molar-refractivity contribution in [3.05, 3.63) is 0 Å². The zero-order valence-electron chi connectivity index (χ0n) is 6.90. The Labute approximate surface area is 85.0 Å². The summed E-state index contributed by atoms with van der Waals surface area (Å²) in [6.45, 7) is 0. The fourth-order valence-electron chi connectivity index (χ4n) is 1.47. The SMILES string of the molecule is CSC12CS(=O)(=O)CC1=NC(=N)S2. The monoisotopic (exact) mass is 236 g/mol. The lowest BCUT2D eigenvalue weighted by molar-refractivity contribution is 0.602. The first-order valence-corrected chi connectivity index (χ1v) is 7.45. The van der Waals surface area contributed by atoms with E-state index in [9.17, 15) is 8.42 Å². The Bertz CT molecular complexity index is 400. The zero-order valence-corrected chi connectivity index (χ0v) is 9.35. The summed E-state index contributed by atoms with van der Waals surface area (Å²) in [6.07, 6.45) is 1.86. The molecular formula is C6H8N2O2S3. The Morgan fingerprint density at radius 3 is 2.92 bits per heavy atom. The van der Waals surface area contributed by atoms with Gasteiger partial charge in [0.25, 0.3) is 0 Å². The summed E-state index contributed by atoms with van der Waals surface area (Å²) in [5.74, 6) is 0.149. The van der Waals surface area contributed by atoms with E-state index in [1.165, 1.54) is 23.5 Å². The summed E-state index contributed by atoms with van der Waals surface area (Å²) in [6, 6.07) is 0. The second kappa shape index (κ2) is 2.74. The number of nitrogens with zero attached hydrogens (tertiary/aromatic N) is 1. The summed E-state index contributed by atoms with van der Waals surface area (Å²) in [5.41, 5.74) is 0.648. The fourth-order valence-corrected chi connectivity index (χ4v) is 6.64. The highest BCUT2D eigenvalue weighted by molar-refractivity contribution is 8.28. The van der Waals surface area contributed by atoms with Crippen LogP contribution in [0.2, 0.25) is 0 Å². The minimum absolute atomic E-state index is 0.0310. The fraction of sp³-hybridized carbons (Fsp3) is 0.667. The van der Waals surface area contributed by atoms with Crippen molar-refractivity contribution in [2.45, 2.75) is 4.08 Å². The van der Waals surface area contributed by atoms with Gasteiger partial charge in [0.1, 0.15) is 4.08 Å². The largest absolute Gasteiger partial charge is 0.277 e. The average molecular weight is 236 g/mol. The van der Waals surface area contributed by atoms with Crippen molar-refractivity contribution in [2.24, 2.45) is 4.99 Å². The molecule has 2 rings (SSSR count). The maximum absolute atomic E-state index is 11.3. The van der Waals surface area contributed by atoms with Crippen LogP contribution in [-0.2, 0) is 9.84 Å². The number of thioether (sulfide) groups is 2. The van der Waals surface area contributed by atoms with Gasteiger partial charge in [-0.25, -0.2) is 13.4 Å². The molecule has 0 aliphatic carbocycles. The van der Waals surface area contributed by atoms with E-state index in [-0.39, 0.29) is 16.7 Å². The van der Waals surface area contributed by atoms with E-state index in [4.69, 9.17) is 5.41 Å². The Morgan fingerprint density at radius 2 is 2.38 bits per heavy atom. The highest BCUT2D eigenvalue weighted by atomic mass is 32.2. The van der Waals surface area contributed by atoms with Gasteiger partial charge in [-0.1, -0.05) is 11.8 Å². The smallest absolute Gasteiger partial charge is 0.181 e. The van der Waals surface area contributed by atoms with E-state index < -0.39 is 13.9 Å². The molecule has 13 heavy (non-hydrogen) atoms. The first kappa shape index (κ1) is 9.54. The van der Waals surface area contributed by atoms with Gasteiger partial charge < -0.3 is 0 Å². The molecule has 0 spiro atoms. The van der Waals surface area contributed by atoms with Crippen LogP contribution in [0.25, 0.3) is 0 Å². The molecule has 4 nitrogen and oxygen atoms in total. The molecule has 1 saturated heterocycles. The Balaban J connectivity index is 2.47. The summed E-state index contributed by atoms with van der Waals surface area (Å²) in [7, 11) is -2.97. The van der Waals surface area contributed by atoms with E-state index in [0.29, 0.717) is 5.71 Å². The van der Waals surface area contributed by atoms with Gasteiger partial charge in [-0.05, 0) is 6.26 Å². The van der Waals surface area contributed by atoms with Gasteiger partial charge in [0.05, 0.1) is 17.2 Å². The van der Waals surface area contributed by atoms with E-state index in [2.05, 4.69) is 4.99 Å². The number of hydrogen-bond acceptors (Lipinski definition) is 5. The maximum atomic E-state index is 11.3. The van der Waals surface area contributed by atoms with Crippen LogP contribution >= 0.6 is 23.5 Å². The second-order valence-electron chi connectivity index (χ2n) is 2.95. The summed E-state index contributed by atoms with van der Waals surface area (Å²) in [4.78, 5) is 3.95. The van der Waals surface area contributed by atoms with Crippen LogP contribution in [0.4, 0.5) is 0 Å². The van der Waals surface area contributed by atoms with Crippen LogP contribution in [0, 0.1) is 5.41 Å². The van der Waals surface area contributed by atoms with Crippen LogP contribution in [0.1, 0.15) is 0 Å². The van der Waals surface area contributed by atoms with Gasteiger partial charge in [-0.3, -0.25) is 5.41 Å². The Morgan fingerprint density at radius 1 is 1.69 bits per heavy atom. The molecule has 1 unspecified atom stereocenters. The average Bonchev–Trinajstić information content (AvgIpc) is 2.36. The lowest BCUT2D eigenvalue weighted by Gasteiger charge is -2.17. The van der Waals surface area contributed by atoms with Gasteiger partial charge in [-0.15, -0.1) is 11.8 Å². The number of rotatable bonds is 1. The predicted molar refractivity (Wildman–Crippen MR) is 57.7 cm³/mol. The topological polar surface area (TPSA) is 70.3 Å². The summed E-state index contributed by atoms with van der Waals surface area (Å²) in [5, 5.41) is 7.61. The van der Waals surface area contributed by atoms with Crippen molar-refractivity contribution in [1.29, 1.82) is 5.41 Å². The van der Waals surface area contributed by atoms with Crippen molar-refractivity contribution in [1.82, 2.24) is 0 Å². The van der Waals surface area contributed by atoms with Gasteiger partial charge >= 0.3 is 0 Å². The van der Waals surface area contributed by atoms with Gasteiger partial charge in [0.2, 0.25) is 0 Å². The minimum Gasteiger partial charge on any atom is -0.277 e. The molecule has 0 aromatic heterocycles. The minimum atomic E-state index is -2.97. The van der Waals surface area contributed by atoms with Gasteiger partial charge in [0, 0.05) is 0 Å². The highest BCUT2D eigenvalue weighted by Crippen LogP contribution is 2.47. The molecule has 1 fully saturated rings. The van der Waals surface area contributed by atoms with E-state index in [1.54, 1.807) is 0 Å². The summed E-state index contributed by atoms with van der Waals surface area (Å²) < 4.78 is 22.2. The van der Waals surface area contributed by atoms with E-state index >= 15 is 0 Å². The first-order chi connectivity index (χ1) is 5.97. The van der Waals surface area contributed by atoms with Crippen molar-refractivity contribution >= 4 is 44.2 Å². The standard InChI is InChI=1S/C6H8N2O2S3/c1-11-6-3-13(9,10)2-4(6)8-5(7)12-6/h7H,2-3H2,1H3. The molecule has 1 N–H and O–H groups in total. The molecule has 7 heteroatoms. The Kier molecular flexibility index (Phi) is 2.01. The molecule has 0 radical (unpaired) electrons. The van der Waals surface area contributed by atoms with Crippen molar-refractivity contribution < 1.29 is 8.42 Å². The van der Waals surface area contributed by atoms with E-state index in [0.717, 1.165) is 0 Å². The van der Waals surface area contributed by atoms with Crippen LogP contribution in [-0.4, -0.2) is 41.1 Å². The molecule has 2 aliphatic heterocycles.